The monoisotopic (exact) mass is 378 g/mol. The highest BCUT2D eigenvalue weighted by molar-refractivity contribution is 5.96. The fourth-order valence-corrected chi connectivity index (χ4v) is 2.96. The molecular weight excluding hydrogens is 359 g/mol. The molecule has 0 bridgehead atoms. The molecule has 1 atom stereocenters. The number of nitrogens with one attached hydrogen (secondary N) is 1. The van der Waals surface area contributed by atoms with Crippen LogP contribution in [-0.4, -0.2) is 10.7 Å². The van der Waals surface area contributed by atoms with E-state index in [0.29, 0.717) is 5.56 Å². The number of nitro benzene ring substituents is 1. The van der Waals surface area contributed by atoms with Crippen molar-refractivity contribution in [3.8, 4) is 0 Å². The number of anilines is 1. The van der Waals surface area contributed by atoms with Gasteiger partial charge in [-0.2, -0.15) is 0 Å². The van der Waals surface area contributed by atoms with Crippen LogP contribution in [0.25, 0.3) is 0 Å². The molecule has 0 aliphatic heterocycles. The number of ketones is 1. The fraction of sp³-hybridized carbons (Fsp3) is 0.136. The summed E-state index contributed by atoms with van der Waals surface area (Å²) in [5, 5.41) is 14.2. The van der Waals surface area contributed by atoms with Gasteiger partial charge in [0.2, 0.25) is 0 Å². The van der Waals surface area contributed by atoms with Gasteiger partial charge in [0.15, 0.2) is 5.78 Å². The third kappa shape index (κ3) is 4.79. The lowest BCUT2D eigenvalue weighted by Crippen LogP contribution is -2.16. The standard InChI is InChI=1S/C22H19FN2O3/c1-15-3-2-4-19(13-15)24-21(16-7-11-20(12-8-16)25(27)28)14-22(26)17-5-9-18(23)10-6-17/h2-13,21,24H,14H2,1H3. The van der Waals surface area contributed by atoms with Crippen molar-refractivity contribution in [3.63, 3.8) is 0 Å². The lowest BCUT2D eigenvalue weighted by molar-refractivity contribution is -0.384. The molecule has 0 radical (unpaired) electrons. The zero-order chi connectivity index (χ0) is 20.1. The first-order valence-electron chi connectivity index (χ1n) is 8.79. The molecule has 3 aromatic rings. The molecule has 142 valence electrons. The van der Waals surface area contributed by atoms with Crippen molar-refractivity contribution >= 4 is 17.2 Å². The minimum absolute atomic E-state index is 0.0112. The molecular formula is C22H19FN2O3. The number of hydrogen-bond acceptors (Lipinski definition) is 4. The summed E-state index contributed by atoms with van der Waals surface area (Å²) >= 11 is 0. The van der Waals surface area contributed by atoms with E-state index < -0.39 is 10.7 Å². The average molecular weight is 378 g/mol. The highest BCUT2D eigenvalue weighted by Gasteiger charge is 2.19. The molecule has 0 aliphatic rings. The van der Waals surface area contributed by atoms with Crippen molar-refractivity contribution in [1.82, 2.24) is 0 Å². The van der Waals surface area contributed by atoms with Crippen LogP contribution in [0, 0.1) is 22.9 Å². The minimum atomic E-state index is -0.462. The maximum atomic E-state index is 13.1. The first kappa shape index (κ1) is 19.2. The highest BCUT2D eigenvalue weighted by atomic mass is 19.1. The van der Waals surface area contributed by atoms with Crippen LogP contribution in [-0.2, 0) is 0 Å². The van der Waals surface area contributed by atoms with Crippen molar-refractivity contribution in [2.45, 2.75) is 19.4 Å². The predicted molar refractivity (Wildman–Crippen MR) is 106 cm³/mol. The van der Waals surface area contributed by atoms with Crippen LogP contribution < -0.4 is 5.32 Å². The summed E-state index contributed by atoms with van der Waals surface area (Å²) in [6.45, 7) is 1.97. The molecule has 0 amide bonds. The summed E-state index contributed by atoms with van der Waals surface area (Å²) in [6.07, 6.45) is 0.122. The predicted octanol–water partition coefficient (Wildman–Crippen LogP) is 5.47. The topological polar surface area (TPSA) is 72.2 Å². The minimum Gasteiger partial charge on any atom is -0.378 e. The first-order valence-corrected chi connectivity index (χ1v) is 8.79. The van der Waals surface area contributed by atoms with E-state index in [2.05, 4.69) is 5.32 Å². The van der Waals surface area contributed by atoms with E-state index >= 15 is 0 Å². The smallest absolute Gasteiger partial charge is 0.269 e. The first-order chi connectivity index (χ1) is 13.4. The Kier molecular flexibility index (Phi) is 5.79. The molecule has 3 rings (SSSR count). The van der Waals surface area contributed by atoms with Crippen LogP contribution in [0.1, 0.15) is 33.9 Å². The van der Waals surface area contributed by atoms with E-state index in [-0.39, 0.29) is 23.9 Å². The van der Waals surface area contributed by atoms with Gasteiger partial charge in [0.1, 0.15) is 5.82 Å². The van der Waals surface area contributed by atoms with Gasteiger partial charge in [0.05, 0.1) is 11.0 Å². The van der Waals surface area contributed by atoms with E-state index in [0.717, 1.165) is 16.8 Å². The largest absolute Gasteiger partial charge is 0.378 e. The van der Waals surface area contributed by atoms with Crippen LogP contribution in [0.2, 0.25) is 0 Å². The average Bonchev–Trinajstić information content (AvgIpc) is 2.68. The third-order valence-electron chi connectivity index (χ3n) is 4.42. The summed E-state index contributed by atoms with van der Waals surface area (Å²) in [4.78, 5) is 23.1. The highest BCUT2D eigenvalue weighted by Crippen LogP contribution is 2.26. The third-order valence-corrected chi connectivity index (χ3v) is 4.42. The molecule has 0 spiro atoms. The molecule has 6 heteroatoms. The molecule has 3 aromatic carbocycles. The van der Waals surface area contributed by atoms with Gasteiger partial charge in [0.25, 0.3) is 5.69 Å². The quantitative estimate of drug-likeness (QED) is 0.336. The normalized spacial score (nSPS) is 11.6. The number of hydrogen-bond donors (Lipinski definition) is 1. The molecule has 28 heavy (non-hydrogen) atoms. The lowest BCUT2D eigenvalue weighted by Gasteiger charge is -2.20. The van der Waals surface area contributed by atoms with Gasteiger partial charge in [-0.25, -0.2) is 4.39 Å². The van der Waals surface area contributed by atoms with E-state index in [1.807, 2.05) is 31.2 Å². The van der Waals surface area contributed by atoms with Crippen LogP contribution in [0.15, 0.2) is 72.8 Å². The zero-order valence-electron chi connectivity index (χ0n) is 15.3. The summed E-state index contributed by atoms with van der Waals surface area (Å²) in [5.74, 6) is -0.551. The van der Waals surface area contributed by atoms with Gasteiger partial charge >= 0.3 is 0 Å². The maximum Gasteiger partial charge on any atom is 0.269 e. The molecule has 0 saturated heterocycles. The number of carbonyl (C=O) groups is 1. The second kappa shape index (κ2) is 8.43. The van der Waals surface area contributed by atoms with Crippen LogP contribution >= 0.6 is 0 Å². The second-order valence-corrected chi connectivity index (χ2v) is 6.55. The number of nitrogens with zero attached hydrogens (tertiary/aromatic N) is 1. The van der Waals surface area contributed by atoms with Crippen LogP contribution in [0.5, 0.6) is 0 Å². The summed E-state index contributed by atoms with van der Waals surface area (Å²) in [5.41, 5.74) is 3.07. The molecule has 0 aliphatic carbocycles. The second-order valence-electron chi connectivity index (χ2n) is 6.55. The van der Waals surface area contributed by atoms with Gasteiger partial charge in [-0.15, -0.1) is 0 Å². The Balaban J connectivity index is 1.87. The summed E-state index contributed by atoms with van der Waals surface area (Å²) in [7, 11) is 0. The van der Waals surface area contributed by atoms with Crippen molar-refractivity contribution in [1.29, 1.82) is 0 Å². The van der Waals surface area contributed by atoms with Gasteiger partial charge in [0, 0.05) is 29.8 Å². The van der Waals surface area contributed by atoms with Gasteiger partial charge in [-0.1, -0.05) is 24.3 Å². The molecule has 0 saturated carbocycles. The van der Waals surface area contributed by atoms with E-state index in [1.165, 1.54) is 36.4 Å². The number of benzene rings is 3. The SMILES string of the molecule is Cc1cccc(NC(CC(=O)c2ccc(F)cc2)c2ccc([N+](=O)[O-])cc2)c1. The van der Waals surface area contributed by atoms with Crippen LogP contribution in [0.4, 0.5) is 15.8 Å². The number of carbonyl (C=O) groups excluding carboxylic acids is 1. The Morgan fingerprint density at radius 2 is 1.75 bits per heavy atom. The lowest BCUT2D eigenvalue weighted by atomic mass is 9.97. The Bertz CT molecular complexity index is 985. The number of halogens is 1. The number of Topliss-reactive ketones (excluding diaryl/α,β-unsaturated/α-hetero) is 1. The molecule has 0 aromatic heterocycles. The Labute approximate surface area is 162 Å². The van der Waals surface area contributed by atoms with E-state index in [9.17, 15) is 19.3 Å². The molecule has 0 heterocycles. The van der Waals surface area contributed by atoms with Gasteiger partial charge in [-0.05, 0) is 54.4 Å². The van der Waals surface area contributed by atoms with Crippen molar-refractivity contribution in [3.05, 3.63) is 105 Å². The molecule has 1 N–H and O–H groups in total. The molecule has 1 unspecified atom stereocenters. The van der Waals surface area contributed by atoms with Crippen molar-refractivity contribution in [2.24, 2.45) is 0 Å². The van der Waals surface area contributed by atoms with Gasteiger partial charge in [-0.3, -0.25) is 14.9 Å². The summed E-state index contributed by atoms with van der Waals surface area (Å²) in [6, 6.07) is 18.9. The van der Waals surface area contributed by atoms with Gasteiger partial charge < -0.3 is 5.32 Å². The van der Waals surface area contributed by atoms with Crippen LogP contribution in [0.3, 0.4) is 0 Å². The van der Waals surface area contributed by atoms with E-state index in [1.54, 1.807) is 12.1 Å². The van der Waals surface area contributed by atoms with E-state index in [4.69, 9.17) is 0 Å². The number of aryl methyl sites for hydroxylation is 1. The molecule has 0 fully saturated rings. The Morgan fingerprint density at radius 1 is 1.07 bits per heavy atom. The zero-order valence-corrected chi connectivity index (χ0v) is 15.3. The Hall–Kier alpha value is -3.54. The number of nitro groups is 1. The number of rotatable bonds is 7. The molecule has 5 nitrogen and oxygen atoms in total. The number of non-ortho nitro benzene ring substituents is 1. The maximum absolute atomic E-state index is 13.1. The fourth-order valence-electron chi connectivity index (χ4n) is 2.96. The summed E-state index contributed by atoms with van der Waals surface area (Å²) < 4.78 is 13.1. The van der Waals surface area contributed by atoms with Crippen molar-refractivity contribution < 1.29 is 14.1 Å². The Morgan fingerprint density at radius 3 is 2.36 bits per heavy atom. The van der Waals surface area contributed by atoms with Crippen molar-refractivity contribution in [2.75, 3.05) is 5.32 Å².